The first-order valence-electron chi connectivity index (χ1n) is 19.3. The first-order chi connectivity index (χ1) is 28.3. The van der Waals surface area contributed by atoms with Crippen LogP contribution in [0.25, 0.3) is 105 Å². The maximum atomic E-state index is 5.55. The Balaban J connectivity index is 1.21. The van der Waals surface area contributed by atoms with Crippen LogP contribution in [0.4, 0.5) is 0 Å². The zero-order chi connectivity index (χ0) is 37.5. The molecule has 5 heteroatoms. The highest BCUT2D eigenvalue weighted by atomic mass is 15.2. The van der Waals surface area contributed by atoms with Gasteiger partial charge >= 0.3 is 0 Å². The predicted octanol–water partition coefficient (Wildman–Crippen LogP) is 13.1. The minimum Gasteiger partial charge on any atom is -0.316 e. The molecule has 0 spiro atoms. The number of hydrogen-bond acceptors (Lipinski definition) is 2. The van der Waals surface area contributed by atoms with Crippen LogP contribution in [0.15, 0.2) is 200 Å². The predicted molar refractivity (Wildman–Crippen MR) is 236 cm³/mol. The summed E-state index contributed by atoms with van der Waals surface area (Å²) in [5, 5.41) is 6.86. The first-order valence-corrected chi connectivity index (χ1v) is 19.3. The lowest BCUT2D eigenvalue weighted by Gasteiger charge is -2.13. The maximum absolute atomic E-state index is 5.55. The molecule has 266 valence electrons. The van der Waals surface area contributed by atoms with Crippen LogP contribution in [0.3, 0.4) is 0 Å². The number of para-hydroxylation sites is 4. The molecule has 0 N–H and O–H groups in total. The third-order valence-electron chi connectivity index (χ3n) is 11.5. The Morgan fingerprint density at radius 3 is 1.81 bits per heavy atom. The Bertz CT molecular complexity index is 3490. The van der Waals surface area contributed by atoms with E-state index in [1.807, 2.05) is 0 Å². The van der Waals surface area contributed by atoms with Gasteiger partial charge in [0.25, 0.3) is 0 Å². The van der Waals surface area contributed by atoms with Crippen LogP contribution in [-0.2, 0) is 0 Å². The fourth-order valence-electron chi connectivity index (χ4n) is 8.90. The Hall–Kier alpha value is -7.76. The van der Waals surface area contributed by atoms with Gasteiger partial charge in [-0.25, -0.2) is 9.97 Å². The summed E-state index contributed by atoms with van der Waals surface area (Å²) in [5.41, 5.74) is 13.0. The van der Waals surface area contributed by atoms with Gasteiger partial charge in [0.2, 0.25) is 5.95 Å². The highest BCUT2D eigenvalue weighted by molar-refractivity contribution is 6.27. The van der Waals surface area contributed by atoms with E-state index < -0.39 is 0 Å². The van der Waals surface area contributed by atoms with Crippen molar-refractivity contribution in [3.8, 4) is 39.7 Å². The third kappa shape index (κ3) is 4.82. The molecule has 0 atom stereocenters. The van der Waals surface area contributed by atoms with Crippen LogP contribution in [-0.4, -0.2) is 23.7 Å². The van der Waals surface area contributed by atoms with Crippen LogP contribution < -0.4 is 0 Å². The molecule has 0 saturated carbocycles. The van der Waals surface area contributed by atoms with E-state index in [0.29, 0.717) is 5.95 Å². The summed E-state index contributed by atoms with van der Waals surface area (Å²) < 4.78 is 6.98. The van der Waals surface area contributed by atoms with Gasteiger partial charge in [0.05, 0.1) is 38.8 Å². The molecular formula is C52H33N5. The molecule has 0 fully saturated rings. The summed E-state index contributed by atoms with van der Waals surface area (Å²) in [7, 11) is 0. The molecule has 12 rings (SSSR count). The number of aromatic nitrogens is 5. The van der Waals surface area contributed by atoms with E-state index in [1.54, 1.807) is 0 Å². The number of hydrogen-bond donors (Lipinski definition) is 0. The number of rotatable bonds is 5. The van der Waals surface area contributed by atoms with E-state index in [4.69, 9.17) is 9.97 Å². The second kappa shape index (κ2) is 12.4. The molecule has 0 aliphatic carbocycles. The molecule has 4 aromatic heterocycles. The molecule has 4 heterocycles. The Morgan fingerprint density at radius 1 is 0.368 bits per heavy atom. The van der Waals surface area contributed by atoms with Gasteiger partial charge < -0.3 is 9.13 Å². The standard InChI is InChI=1S/C52H33N5/c1-4-14-34(15-5-1)35-24-26-36(27-25-35)50-41-20-10-12-22-44(41)53-52(54-50)57-48-33-47-37(30-31-55(47)38-16-6-2-7-17-38)32-43(48)40-28-29-46-49(51(40)57)42-21-11-13-23-45(42)56(46)39-18-8-3-9-19-39/h1-33H. The highest BCUT2D eigenvalue weighted by Gasteiger charge is 2.24. The summed E-state index contributed by atoms with van der Waals surface area (Å²) in [6.45, 7) is 0. The molecule has 0 aliphatic rings. The lowest BCUT2D eigenvalue weighted by molar-refractivity contribution is 1.02. The Labute approximate surface area is 328 Å². The first kappa shape index (κ1) is 31.6. The maximum Gasteiger partial charge on any atom is 0.235 e. The minimum absolute atomic E-state index is 0.636. The second-order valence-electron chi connectivity index (χ2n) is 14.7. The summed E-state index contributed by atoms with van der Waals surface area (Å²) in [6.07, 6.45) is 2.17. The van der Waals surface area contributed by atoms with E-state index >= 15 is 0 Å². The third-order valence-corrected chi connectivity index (χ3v) is 11.5. The van der Waals surface area contributed by atoms with E-state index in [0.717, 1.165) is 71.9 Å². The van der Waals surface area contributed by atoms with Crippen molar-refractivity contribution in [3.63, 3.8) is 0 Å². The number of fused-ring (bicyclic) bond motifs is 9. The highest BCUT2D eigenvalue weighted by Crippen LogP contribution is 2.43. The molecule has 5 nitrogen and oxygen atoms in total. The van der Waals surface area contributed by atoms with Gasteiger partial charge in [-0.05, 0) is 71.8 Å². The largest absolute Gasteiger partial charge is 0.316 e. The zero-order valence-corrected chi connectivity index (χ0v) is 30.8. The van der Waals surface area contributed by atoms with E-state index in [-0.39, 0.29) is 0 Å². The molecule has 0 bridgehead atoms. The molecule has 0 saturated heterocycles. The topological polar surface area (TPSA) is 40.6 Å². The SMILES string of the molecule is c1ccc(-c2ccc(-c3nc(-n4c5cc6c(ccn6-c6ccccc6)cc5c5ccc6c(c7ccccc7n6-c6ccccc6)c54)nc4ccccc34)cc2)cc1. The Kier molecular flexibility index (Phi) is 6.86. The van der Waals surface area contributed by atoms with Crippen molar-refractivity contribution in [2.45, 2.75) is 0 Å². The van der Waals surface area contributed by atoms with Crippen molar-refractivity contribution in [1.29, 1.82) is 0 Å². The van der Waals surface area contributed by atoms with Crippen LogP contribution >= 0.6 is 0 Å². The van der Waals surface area contributed by atoms with Crippen molar-refractivity contribution < 1.29 is 0 Å². The van der Waals surface area contributed by atoms with Crippen LogP contribution in [0.5, 0.6) is 0 Å². The normalized spacial score (nSPS) is 11.9. The van der Waals surface area contributed by atoms with Crippen LogP contribution in [0.2, 0.25) is 0 Å². The fraction of sp³-hybridized carbons (Fsp3) is 0. The number of benzene rings is 8. The summed E-state index contributed by atoms with van der Waals surface area (Å²) in [4.78, 5) is 11.0. The molecule has 0 aliphatic heterocycles. The average molecular weight is 728 g/mol. The van der Waals surface area contributed by atoms with Crippen molar-refractivity contribution in [1.82, 2.24) is 23.7 Å². The van der Waals surface area contributed by atoms with Crippen molar-refractivity contribution in [2.75, 3.05) is 0 Å². The van der Waals surface area contributed by atoms with Gasteiger partial charge in [-0.15, -0.1) is 0 Å². The zero-order valence-electron chi connectivity index (χ0n) is 30.8. The summed E-state index contributed by atoms with van der Waals surface area (Å²) in [5.74, 6) is 0.636. The van der Waals surface area contributed by atoms with Gasteiger partial charge in [0, 0.05) is 55.5 Å². The van der Waals surface area contributed by atoms with E-state index in [2.05, 4.69) is 214 Å². The number of nitrogens with zero attached hydrogens (tertiary/aromatic N) is 5. The van der Waals surface area contributed by atoms with E-state index in [1.165, 1.54) is 27.3 Å². The van der Waals surface area contributed by atoms with Gasteiger partial charge in [-0.3, -0.25) is 4.57 Å². The molecule has 0 amide bonds. The Morgan fingerprint density at radius 2 is 1.02 bits per heavy atom. The lowest BCUT2D eigenvalue weighted by atomic mass is 10.0. The van der Waals surface area contributed by atoms with Crippen LogP contribution in [0, 0.1) is 0 Å². The van der Waals surface area contributed by atoms with Crippen molar-refractivity contribution in [2.24, 2.45) is 0 Å². The molecule has 57 heavy (non-hydrogen) atoms. The quantitative estimate of drug-likeness (QED) is 0.177. The molecule has 0 unspecified atom stereocenters. The summed E-state index contributed by atoms with van der Waals surface area (Å²) in [6, 6.07) is 69.1. The van der Waals surface area contributed by atoms with E-state index in [9.17, 15) is 0 Å². The van der Waals surface area contributed by atoms with Gasteiger partial charge in [-0.1, -0.05) is 133 Å². The van der Waals surface area contributed by atoms with Crippen molar-refractivity contribution >= 4 is 65.4 Å². The minimum atomic E-state index is 0.636. The molecule has 8 aromatic carbocycles. The van der Waals surface area contributed by atoms with Crippen molar-refractivity contribution in [3.05, 3.63) is 200 Å². The van der Waals surface area contributed by atoms with Gasteiger partial charge in [0.1, 0.15) is 0 Å². The monoisotopic (exact) mass is 727 g/mol. The van der Waals surface area contributed by atoms with Crippen LogP contribution in [0.1, 0.15) is 0 Å². The lowest BCUT2D eigenvalue weighted by Crippen LogP contribution is -2.04. The summed E-state index contributed by atoms with van der Waals surface area (Å²) >= 11 is 0. The molecule has 12 aromatic rings. The van der Waals surface area contributed by atoms with Gasteiger partial charge in [0.15, 0.2) is 0 Å². The average Bonchev–Trinajstić information content (AvgIpc) is 3.96. The molecular weight excluding hydrogens is 695 g/mol. The fourth-order valence-corrected chi connectivity index (χ4v) is 8.90. The smallest absolute Gasteiger partial charge is 0.235 e. The van der Waals surface area contributed by atoms with Gasteiger partial charge in [-0.2, -0.15) is 0 Å². The second-order valence-corrected chi connectivity index (χ2v) is 14.7. The molecule has 0 radical (unpaired) electrons.